The Morgan fingerprint density at radius 3 is 2.80 bits per heavy atom. The lowest BCUT2D eigenvalue weighted by Gasteiger charge is -2.36. The van der Waals surface area contributed by atoms with Gasteiger partial charge in [0, 0.05) is 43.8 Å². The van der Waals surface area contributed by atoms with Crippen LogP contribution in [0.5, 0.6) is 0 Å². The number of benzene rings is 1. The molecule has 1 saturated heterocycles. The molecule has 2 aromatic rings. The second-order valence-corrected chi connectivity index (χ2v) is 8.24. The minimum atomic E-state index is -3.38. The summed E-state index contributed by atoms with van der Waals surface area (Å²) in [5.74, 6) is -0.166. The van der Waals surface area contributed by atoms with Gasteiger partial charge in [-0.05, 0) is 36.2 Å². The molecule has 7 heteroatoms. The second kappa shape index (κ2) is 6.93. The van der Waals surface area contributed by atoms with Crippen LogP contribution >= 0.6 is 0 Å². The fourth-order valence-electron chi connectivity index (χ4n) is 3.12. The Labute approximate surface area is 147 Å². The monoisotopic (exact) mass is 359 g/mol. The second-order valence-electron chi connectivity index (χ2n) is 6.26. The van der Waals surface area contributed by atoms with Gasteiger partial charge < -0.3 is 10.2 Å². The summed E-state index contributed by atoms with van der Waals surface area (Å²) in [6.07, 6.45) is 4.62. The van der Waals surface area contributed by atoms with Gasteiger partial charge in [-0.3, -0.25) is 9.78 Å². The highest BCUT2D eigenvalue weighted by molar-refractivity contribution is 7.90. The van der Waals surface area contributed by atoms with E-state index in [1.165, 1.54) is 6.07 Å². The number of sulfone groups is 1. The summed E-state index contributed by atoms with van der Waals surface area (Å²) in [5.41, 5.74) is 1.99. The van der Waals surface area contributed by atoms with Gasteiger partial charge in [0.1, 0.15) is 0 Å². The molecule has 6 nitrogen and oxygen atoms in total. The van der Waals surface area contributed by atoms with Crippen molar-refractivity contribution in [3.05, 3.63) is 59.4 Å². The van der Waals surface area contributed by atoms with E-state index >= 15 is 0 Å². The van der Waals surface area contributed by atoms with Crippen molar-refractivity contribution in [2.24, 2.45) is 0 Å². The third kappa shape index (κ3) is 3.72. The van der Waals surface area contributed by atoms with E-state index in [0.717, 1.165) is 11.8 Å². The van der Waals surface area contributed by atoms with Gasteiger partial charge in [0.2, 0.25) is 0 Å². The quantitative estimate of drug-likeness (QED) is 0.900. The van der Waals surface area contributed by atoms with Crippen LogP contribution in [0.2, 0.25) is 0 Å². The van der Waals surface area contributed by atoms with Crippen molar-refractivity contribution in [2.45, 2.75) is 17.9 Å². The number of nitrogens with one attached hydrogen (secondary N) is 1. The smallest absolute Gasteiger partial charge is 0.254 e. The summed E-state index contributed by atoms with van der Waals surface area (Å²) in [6.45, 7) is 3.63. The van der Waals surface area contributed by atoms with Crippen LogP contribution in [-0.4, -0.2) is 50.1 Å². The number of amides is 1. The molecule has 25 heavy (non-hydrogen) atoms. The maximum absolute atomic E-state index is 13.1. The van der Waals surface area contributed by atoms with E-state index in [4.69, 9.17) is 0 Å². The van der Waals surface area contributed by atoms with Crippen molar-refractivity contribution in [1.29, 1.82) is 0 Å². The first kappa shape index (κ1) is 17.6. The molecule has 0 spiro atoms. The molecule has 1 aromatic heterocycles. The molecule has 0 bridgehead atoms. The van der Waals surface area contributed by atoms with Crippen molar-refractivity contribution < 1.29 is 13.2 Å². The topological polar surface area (TPSA) is 79.4 Å². The normalized spacial score (nSPS) is 18.2. The lowest BCUT2D eigenvalue weighted by atomic mass is 10.0. The molecule has 0 saturated carbocycles. The van der Waals surface area contributed by atoms with Gasteiger partial charge >= 0.3 is 0 Å². The molecule has 1 aliphatic heterocycles. The lowest BCUT2D eigenvalue weighted by Crippen LogP contribution is -2.48. The van der Waals surface area contributed by atoms with Gasteiger partial charge in [-0.25, -0.2) is 8.42 Å². The van der Waals surface area contributed by atoms with E-state index in [-0.39, 0.29) is 16.8 Å². The largest absolute Gasteiger partial charge is 0.329 e. The van der Waals surface area contributed by atoms with Crippen molar-refractivity contribution in [3.8, 4) is 0 Å². The van der Waals surface area contributed by atoms with Gasteiger partial charge in [0.25, 0.3) is 5.91 Å². The standard InChI is InChI=1S/C18H21N3O3S/c1-13-5-6-14(10-17(13)25(2,23)24)18(22)21-9-8-20-12-16(21)15-4-3-7-19-11-15/h3-7,10-11,16,20H,8-9,12H2,1-2H3. The molecule has 1 aromatic carbocycles. The highest BCUT2D eigenvalue weighted by atomic mass is 32.2. The van der Waals surface area contributed by atoms with Gasteiger partial charge in [0.15, 0.2) is 9.84 Å². The van der Waals surface area contributed by atoms with Gasteiger partial charge in [-0.1, -0.05) is 12.1 Å². The number of hydrogen-bond donors (Lipinski definition) is 1. The minimum Gasteiger partial charge on any atom is -0.329 e. The predicted octanol–water partition coefficient (Wildman–Crippen LogP) is 1.58. The number of rotatable bonds is 3. The molecule has 0 radical (unpaired) electrons. The van der Waals surface area contributed by atoms with Crippen LogP contribution in [0, 0.1) is 6.92 Å². The molecular weight excluding hydrogens is 338 g/mol. The third-order valence-electron chi connectivity index (χ3n) is 4.41. The number of carbonyl (C=O) groups is 1. The molecule has 2 heterocycles. The number of aromatic nitrogens is 1. The molecule has 132 valence electrons. The molecule has 1 fully saturated rings. The molecule has 0 aliphatic carbocycles. The summed E-state index contributed by atoms with van der Waals surface area (Å²) >= 11 is 0. The van der Waals surface area contributed by atoms with Gasteiger partial charge in [-0.15, -0.1) is 0 Å². The fraction of sp³-hybridized carbons (Fsp3) is 0.333. The van der Waals surface area contributed by atoms with E-state index < -0.39 is 9.84 Å². The Hall–Kier alpha value is -2.25. The molecule has 1 unspecified atom stereocenters. The Bertz CT molecular complexity index is 882. The van der Waals surface area contributed by atoms with Gasteiger partial charge in [0.05, 0.1) is 10.9 Å². The summed E-state index contributed by atoms with van der Waals surface area (Å²) in [4.78, 5) is 19.2. The first-order valence-corrected chi connectivity index (χ1v) is 9.99. The van der Waals surface area contributed by atoms with Crippen LogP contribution in [0.15, 0.2) is 47.6 Å². The number of aryl methyl sites for hydroxylation is 1. The van der Waals surface area contributed by atoms with Crippen molar-refractivity contribution in [1.82, 2.24) is 15.2 Å². The Kier molecular flexibility index (Phi) is 4.87. The maximum Gasteiger partial charge on any atom is 0.254 e. The number of nitrogens with zero attached hydrogens (tertiary/aromatic N) is 2. The number of hydrogen-bond acceptors (Lipinski definition) is 5. The molecule has 3 rings (SSSR count). The predicted molar refractivity (Wildman–Crippen MR) is 95.2 cm³/mol. The Morgan fingerprint density at radius 1 is 1.32 bits per heavy atom. The Balaban J connectivity index is 1.96. The SMILES string of the molecule is Cc1ccc(C(=O)N2CCNCC2c2cccnc2)cc1S(C)(=O)=O. The van der Waals surface area contributed by atoms with Crippen LogP contribution in [0.4, 0.5) is 0 Å². The van der Waals surface area contributed by atoms with Crippen molar-refractivity contribution >= 4 is 15.7 Å². The summed E-state index contributed by atoms with van der Waals surface area (Å²) in [6, 6.07) is 8.52. The van der Waals surface area contributed by atoms with Crippen LogP contribution < -0.4 is 5.32 Å². The third-order valence-corrected chi connectivity index (χ3v) is 5.65. The first-order valence-electron chi connectivity index (χ1n) is 8.10. The highest BCUT2D eigenvalue weighted by Gasteiger charge is 2.29. The zero-order valence-electron chi connectivity index (χ0n) is 14.3. The molecule has 1 amide bonds. The maximum atomic E-state index is 13.1. The van der Waals surface area contributed by atoms with Crippen molar-refractivity contribution in [2.75, 3.05) is 25.9 Å². The zero-order valence-corrected chi connectivity index (χ0v) is 15.1. The summed E-state index contributed by atoms with van der Waals surface area (Å²) in [5, 5.41) is 3.30. The van der Waals surface area contributed by atoms with E-state index in [2.05, 4.69) is 10.3 Å². The van der Waals surface area contributed by atoms with E-state index in [0.29, 0.717) is 30.8 Å². The van der Waals surface area contributed by atoms with E-state index in [1.807, 2.05) is 12.1 Å². The van der Waals surface area contributed by atoms with Crippen LogP contribution in [-0.2, 0) is 9.84 Å². The highest BCUT2D eigenvalue weighted by Crippen LogP contribution is 2.25. The number of pyridine rings is 1. The van der Waals surface area contributed by atoms with Gasteiger partial charge in [-0.2, -0.15) is 0 Å². The number of carbonyl (C=O) groups excluding carboxylic acids is 1. The molecular formula is C18H21N3O3S. The van der Waals surface area contributed by atoms with E-state index in [9.17, 15) is 13.2 Å². The molecule has 1 atom stereocenters. The molecule has 1 N–H and O–H groups in total. The molecule has 1 aliphatic rings. The van der Waals surface area contributed by atoms with Crippen LogP contribution in [0.1, 0.15) is 27.5 Å². The van der Waals surface area contributed by atoms with Crippen LogP contribution in [0.3, 0.4) is 0 Å². The first-order chi connectivity index (χ1) is 11.9. The van der Waals surface area contributed by atoms with Crippen molar-refractivity contribution in [3.63, 3.8) is 0 Å². The fourth-order valence-corrected chi connectivity index (χ4v) is 4.11. The lowest BCUT2D eigenvalue weighted by molar-refractivity contribution is 0.0633. The van der Waals surface area contributed by atoms with E-state index in [1.54, 1.807) is 36.4 Å². The summed E-state index contributed by atoms with van der Waals surface area (Å²) < 4.78 is 23.9. The number of piperazine rings is 1. The zero-order chi connectivity index (χ0) is 18.0. The minimum absolute atomic E-state index is 0.127. The Morgan fingerprint density at radius 2 is 2.12 bits per heavy atom. The average Bonchev–Trinajstić information content (AvgIpc) is 2.61. The average molecular weight is 359 g/mol. The van der Waals surface area contributed by atoms with Crippen LogP contribution in [0.25, 0.3) is 0 Å². The summed E-state index contributed by atoms with van der Waals surface area (Å²) in [7, 11) is -3.38.